The molecule has 3 atom stereocenters. The van der Waals surface area contributed by atoms with E-state index in [0.29, 0.717) is 92.8 Å². The number of amides is 3. The standard InChI is InChI=1S/C44H49F2N11O6/c1-52-39-27(4-2-6-34(39)57(44(52)61)35-11-12-37(58)50-43(35)60)5-3-19-62-30-13-16-53(17-14-30)22-26-7-9-28(10-8-26)56-24-33(38(51-56)40(45)46)48-42(59)32-21-47-55-18-15-36(49-41(32)55)54-23-31-20-29(54)25-63-31/h2,4,6,15,18,21,24,26,28-31,35,40H,7-14,16-17,19-20,22-23,25H2,1H3,(H,48,59)(H,50,58,60)/t26?,28?,29-,31-,35?/m1/s1/i22D2. The molecular formula is C44H49F2N11O6. The van der Waals surface area contributed by atoms with Gasteiger partial charge < -0.3 is 24.6 Å². The predicted octanol–water partition coefficient (Wildman–Crippen LogP) is 3.99. The van der Waals surface area contributed by atoms with Crippen LogP contribution in [0.4, 0.5) is 20.3 Å². The number of nitrogens with one attached hydrogen (secondary N) is 2. The lowest BCUT2D eigenvalue weighted by Crippen LogP contribution is -2.44. The molecule has 19 heteroatoms. The van der Waals surface area contributed by atoms with Crippen LogP contribution in [-0.2, 0) is 26.1 Å². The Bertz CT molecular complexity index is 2800. The molecule has 2 N–H and O–H groups in total. The van der Waals surface area contributed by atoms with Gasteiger partial charge in [0, 0.05) is 54.7 Å². The summed E-state index contributed by atoms with van der Waals surface area (Å²) in [7, 11) is 1.63. The number of hydrogen-bond donors (Lipinski definition) is 2. The third-order valence-electron chi connectivity index (χ3n) is 13.1. The maximum absolute atomic E-state index is 14.3. The minimum atomic E-state index is -2.93. The number of imidazole rings is 1. The highest BCUT2D eigenvalue weighted by atomic mass is 19.3. The van der Waals surface area contributed by atoms with E-state index >= 15 is 0 Å². The number of aryl methyl sites for hydroxylation is 1. The molecular weight excluding hydrogens is 817 g/mol. The number of carbonyl (C=O) groups excluding carboxylic acids is 3. The summed E-state index contributed by atoms with van der Waals surface area (Å²) in [5.74, 6) is 5.13. The van der Waals surface area contributed by atoms with Crippen LogP contribution in [-0.4, -0.2) is 114 Å². The van der Waals surface area contributed by atoms with E-state index in [4.69, 9.17) is 17.2 Å². The van der Waals surface area contributed by atoms with E-state index in [-0.39, 0.29) is 72.5 Å². The van der Waals surface area contributed by atoms with E-state index in [1.807, 2.05) is 11.0 Å². The highest BCUT2D eigenvalue weighted by Gasteiger charge is 2.40. The Kier molecular flexibility index (Phi) is 10.4. The Morgan fingerprint density at radius 1 is 1.10 bits per heavy atom. The lowest BCUT2D eigenvalue weighted by atomic mass is 9.85. The maximum Gasteiger partial charge on any atom is 0.329 e. The van der Waals surface area contributed by atoms with Gasteiger partial charge in [-0.05, 0) is 75.5 Å². The van der Waals surface area contributed by atoms with Crippen LogP contribution in [0.1, 0.15) is 101 Å². The Hall–Kier alpha value is -5.97. The zero-order valence-corrected chi connectivity index (χ0v) is 34.7. The number of hydrogen-bond acceptors (Lipinski definition) is 11. The molecule has 5 fully saturated rings. The van der Waals surface area contributed by atoms with Gasteiger partial charge in [0.25, 0.3) is 12.3 Å². The van der Waals surface area contributed by atoms with Crippen molar-refractivity contribution in [3.63, 3.8) is 0 Å². The molecule has 4 saturated heterocycles. The fraction of sp³-hybridized carbons (Fsp3) is 0.523. The number of imide groups is 1. The molecule has 0 radical (unpaired) electrons. The minimum absolute atomic E-state index is 0.0888. The first-order chi connectivity index (χ1) is 31.3. The quantitative estimate of drug-likeness (QED) is 0.154. The van der Waals surface area contributed by atoms with Gasteiger partial charge in [0.15, 0.2) is 11.3 Å². The Morgan fingerprint density at radius 3 is 2.67 bits per heavy atom. The van der Waals surface area contributed by atoms with Gasteiger partial charge in [0.2, 0.25) is 11.8 Å². The Morgan fingerprint density at radius 2 is 1.92 bits per heavy atom. The molecule has 1 aliphatic carbocycles. The van der Waals surface area contributed by atoms with Crippen molar-refractivity contribution in [1.82, 2.24) is 43.7 Å². The molecule has 1 aromatic carbocycles. The van der Waals surface area contributed by atoms with Crippen LogP contribution in [0.3, 0.4) is 0 Å². The molecule has 63 heavy (non-hydrogen) atoms. The number of halogens is 2. The molecule has 10 rings (SSSR count). The summed E-state index contributed by atoms with van der Waals surface area (Å²) in [6.45, 7) is 0.880. The lowest BCUT2D eigenvalue weighted by Gasteiger charge is -2.36. The first-order valence-electron chi connectivity index (χ1n) is 22.6. The lowest BCUT2D eigenvalue weighted by molar-refractivity contribution is -0.135. The second-order valence-electron chi connectivity index (χ2n) is 17.1. The van der Waals surface area contributed by atoms with E-state index in [1.165, 1.54) is 30.7 Å². The number of piperidine rings is 2. The van der Waals surface area contributed by atoms with Gasteiger partial charge in [0.1, 0.15) is 24.0 Å². The molecule has 5 aromatic rings. The average molecular weight is 868 g/mol. The summed E-state index contributed by atoms with van der Waals surface area (Å²) in [6.07, 6.45) is 6.35. The normalized spacial score (nSPS) is 25.1. The topological polar surface area (TPSA) is 175 Å². The summed E-state index contributed by atoms with van der Waals surface area (Å²) in [5.41, 5.74) is 1.22. The molecule has 4 aromatic heterocycles. The number of fused-ring (bicyclic) bond motifs is 4. The molecule has 3 amide bonds. The van der Waals surface area contributed by atoms with Crippen LogP contribution >= 0.6 is 0 Å². The Labute approximate surface area is 363 Å². The summed E-state index contributed by atoms with van der Waals surface area (Å²) in [6, 6.07) is 6.36. The van der Waals surface area contributed by atoms with Gasteiger partial charge in [-0.15, -0.1) is 0 Å². The number of anilines is 2. The molecule has 8 heterocycles. The first kappa shape index (κ1) is 38.7. The van der Waals surface area contributed by atoms with E-state index in [0.717, 1.165) is 6.42 Å². The third-order valence-corrected chi connectivity index (χ3v) is 13.1. The molecule has 1 saturated carbocycles. The molecule has 1 unspecified atom stereocenters. The third kappa shape index (κ3) is 8.00. The molecule has 4 aliphatic heterocycles. The number of morpholine rings is 1. The van der Waals surface area contributed by atoms with Gasteiger partial charge in [-0.2, -0.15) is 10.2 Å². The van der Waals surface area contributed by atoms with Crippen molar-refractivity contribution in [2.75, 3.05) is 49.6 Å². The summed E-state index contributed by atoms with van der Waals surface area (Å²) in [4.78, 5) is 59.9. The number of nitrogens with zero attached hydrogens (tertiary/aromatic N) is 9. The molecule has 330 valence electrons. The van der Waals surface area contributed by atoms with Gasteiger partial charge in [-0.3, -0.25) is 33.5 Å². The first-order valence-corrected chi connectivity index (χ1v) is 21.6. The van der Waals surface area contributed by atoms with Crippen LogP contribution < -0.4 is 21.2 Å². The largest absolute Gasteiger partial charge is 0.374 e. The number of ether oxygens (including phenoxy) is 2. The van der Waals surface area contributed by atoms with Crippen molar-refractivity contribution < 1.29 is 35.4 Å². The van der Waals surface area contributed by atoms with Gasteiger partial charge in [0.05, 0.1) is 59.4 Å². The number of rotatable bonds is 10. The fourth-order valence-corrected chi connectivity index (χ4v) is 9.84. The number of alkyl halides is 2. The van der Waals surface area contributed by atoms with Gasteiger partial charge >= 0.3 is 5.69 Å². The second-order valence-corrected chi connectivity index (χ2v) is 17.1. The van der Waals surface area contributed by atoms with E-state index < -0.39 is 36.5 Å². The highest BCUT2D eigenvalue weighted by molar-refractivity contribution is 6.08. The van der Waals surface area contributed by atoms with Crippen molar-refractivity contribution in [3.05, 3.63) is 70.2 Å². The number of carbonyl (C=O) groups is 3. The van der Waals surface area contributed by atoms with Crippen LogP contribution in [0.15, 0.2) is 47.7 Å². The SMILES string of the molecule is [2H]C([2H])(C1CCC(n2cc(NC(=O)c3cnn4ccc(N5C[C@H]6C[C@@H]5CO6)nc34)c(C(F)F)n2)CC1)N1CCC(OCC#Cc2cccc3c2n(C)c(=O)n3C2CCC(=O)NC2=O)CC1. The zero-order valence-electron chi connectivity index (χ0n) is 36.7. The smallest absolute Gasteiger partial charge is 0.329 e. The summed E-state index contributed by atoms with van der Waals surface area (Å²) >= 11 is 0. The summed E-state index contributed by atoms with van der Waals surface area (Å²) in [5, 5.41) is 13.5. The minimum Gasteiger partial charge on any atom is -0.374 e. The van der Waals surface area contributed by atoms with Crippen molar-refractivity contribution >= 4 is 45.9 Å². The molecule has 2 bridgehead atoms. The van der Waals surface area contributed by atoms with Gasteiger partial charge in [-0.25, -0.2) is 23.1 Å². The van der Waals surface area contributed by atoms with Crippen LogP contribution in [0.25, 0.3) is 16.7 Å². The number of likely N-dealkylation sites (tertiary alicyclic amines) is 1. The van der Waals surface area contributed by atoms with Crippen molar-refractivity contribution in [3.8, 4) is 11.8 Å². The van der Waals surface area contributed by atoms with Crippen molar-refractivity contribution in [2.45, 2.75) is 94.5 Å². The second kappa shape index (κ2) is 17.0. The molecule has 17 nitrogen and oxygen atoms in total. The van der Waals surface area contributed by atoms with E-state index in [9.17, 15) is 28.0 Å². The number of para-hydroxylation sites is 1. The average Bonchev–Trinajstić information content (AvgIpc) is 4.15. The molecule has 5 aliphatic rings. The van der Waals surface area contributed by atoms with Crippen LogP contribution in [0.5, 0.6) is 0 Å². The van der Waals surface area contributed by atoms with Crippen LogP contribution in [0.2, 0.25) is 0 Å². The summed E-state index contributed by atoms with van der Waals surface area (Å²) < 4.78 is 64.7. The number of aromatic nitrogens is 7. The Balaban J connectivity index is 0.725. The van der Waals surface area contributed by atoms with E-state index in [1.54, 1.807) is 31.4 Å². The highest BCUT2D eigenvalue weighted by Crippen LogP contribution is 2.36. The van der Waals surface area contributed by atoms with Crippen LogP contribution in [0, 0.1) is 17.8 Å². The van der Waals surface area contributed by atoms with Gasteiger partial charge in [-0.1, -0.05) is 17.9 Å². The van der Waals surface area contributed by atoms with Crippen molar-refractivity contribution in [1.29, 1.82) is 0 Å². The fourth-order valence-electron chi connectivity index (χ4n) is 9.84. The predicted molar refractivity (Wildman–Crippen MR) is 226 cm³/mol. The molecule has 0 spiro atoms. The number of benzene rings is 1. The van der Waals surface area contributed by atoms with E-state index in [2.05, 4.69) is 37.6 Å². The monoisotopic (exact) mass is 867 g/mol. The van der Waals surface area contributed by atoms with Crippen molar-refractivity contribution in [2.24, 2.45) is 13.0 Å². The maximum atomic E-state index is 14.3. The zero-order chi connectivity index (χ0) is 45.1.